The second-order valence-electron chi connectivity index (χ2n) is 12.6. The number of carbonyl (C=O) groups excluding carboxylic acids is 1. The molecule has 2 saturated heterocycles. The smallest absolute Gasteiger partial charge is 0.403 e. The summed E-state index contributed by atoms with van der Waals surface area (Å²) in [6.07, 6.45) is -8.61. The Hall–Kier alpha value is -4.23. The van der Waals surface area contributed by atoms with E-state index in [1.165, 1.54) is 4.90 Å². The molecule has 254 valence electrons. The van der Waals surface area contributed by atoms with Gasteiger partial charge >= 0.3 is 12.1 Å². The van der Waals surface area contributed by atoms with Crippen molar-refractivity contribution in [3.63, 3.8) is 0 Å². The molecule has 2 aliphatic rings. The van der Waals surface area contributed by atoms with Crippen molar-refractivity contribution in [2.75, 3.05) is 32.7 Å². The maximum Gasteiger partial charge on any atom is 0.403 e. The number of pyridine rings is 1. The van der Waals surface area contributed by atoms with E-state index in [1.54, 1.807) is 30.5 Å². The van der Waals surface area contributed by atoms with Gasteiger partial charge in [-0.1, -0.05) is 60.7 Å². The summed E-state index contributed by atoms with van der Waals surface area (Å²) >= 11 is 0. The third-order valence-corrected chi connectivity index (χ3v) is 9.56. The van der Waals surface area contributed by atoms with Crippen LogP contribution in [0.5, 0.6) is 0 Å². The lowest BCUT2D eigenvalue weighted by atomic mass is 9.76. The predicted molar refractivity (Wildman–Crippen MR) is 168 cm³/mol. The van der Waals surface area contributed by atoms with Gasteiger partial charge in [0, 0.05) is 43.2 Å². The first-order chi connectivity index (χ1) is 22.9. The van der Waals surface area contributed by atoms with Crippen LogP contribution >= 0.6 is 0 Å². The molecule has 4 aromatic rings. The molecule has 0 bridgehead atoms. The largest absolute Gasteiger partial charge is 0.480 e. The van der Waals surface area contributed by atoms with E-state index in [-0.39, 0.29) is 19.5 Å². The van der Waals surface area contributed by atoms with E-state index in [0.717, 1.165) is 27.3 Å². The summed E-state index contributed by atoms with van der Waals surface area (Å²) in [6.45, 7) is -0.151. The van der Waals surface area contributed by atoms with E-state index in [0.29, 0.717) is 36.3 Å². The van der Waals surface area contributed by atoms with Gasteiger partial charge in [-0.15, -0.1) is 0 Å². The number of hydrogen-bond acceptors (Lipinski definition) is 5. The van der Waals surface area contributed by atoms with E-state index in [1.807, 2.05) is 41.3 Å². The van der Waals surface area contributed by atoms with E-state index in [2.05, 4.69) is 5.32 Å². The average Bonchev–Trinajstić information content (AvgIpc) is 3.03. The van der Waals surface area contributed by atoms with E-state index >= 15 is 0 Å². The Morgan fingerprint density at radius 1 is 0.896 bits per heavy atom. The molecule has 6 rings (SSSR count). The normalized spacial score (nSPS) is 18.2. The van der Waals surface area contributed by atoms with Gasteiger partial charge in [-0.2, -0.15) is 13.2 Å². The van der Waals surface area contributed by atoms with Gasteiger partial charge in [0.05, 0.1) is 12.2 Å². The highest BCUT2D eigenvalue weighted by atomic mass is 19.4. The zero-order chi connectivity index (χ0) is 34.2. The highest BCUT2D eigenvalue weighted by Gasteiger charge is 2.61. The first-order valence-electron chi connectivity index (χ1n) is 15.7. The van der Waals surface area contributed by atoms with Crippen LogP contribution in [0.25, 0.3) is 32.8 Å². The van der Waals surface area contributed by atoms with Gasteiger partial charge in [-0.05, 0) is 53.2 Å². The number of likely N-dealkylation sites (tertiary alicyclic amines) is 2. The number of nitrogens with one attached hydrogen (secondary N) is 1. The number of nitrogens with zero attached hydrogens (tertiary/aromatic N) is 3. The van der Waals surface area contributed by atoms with Gasteiger partial charge in [-0.25, -0.2) is 18.0 Å². The van der Waals surface area contributed by atoms with Crippen molar-refractivity contribution in [1.29, 1.82) is 0 Å². The molecule has 1 amide bonds. The van der Waals surface area contributed by atoms with Crippen LogP contribution < -0.4 is 5.32 Å². The number of fused-ring (bicyclic) bond motifs is 2. The Morgan fingerprint density at radius 3 is 2.17 bits per heavy atom. The van der Waals surface area contributed by atoms with E-state index in [4.69, 9.17) is 4.98 Å². The first kappa shape index (κ1) is 33.7. The zero-order valence-electron chi connectivity index (χ0n) is 25.8. The molecule has 48 heavy (non-hydrogen) atoms. The molecule has 13 heteroatoms. The number of amides is 1. The second-order valence-corrected chi connectivity index (χ2v) is 12.6. The van der Waals surface area contributed by atoms with Crippen molar-refractivity contribution in [3.8, 4) is 11.3 Å². The summed E-state index contributed by atoms with van der Waals surface area (Å²) in [5, 5.41) is 15.4. The van der Waals surface area contributed by atoms with Gasteiger partial charge in [0.15, 0.2) is 0 Å². The highest BCUT2D eigenvalue weighted by molar-refractivity contribution is 6.05. The van der Waals surface area contributed by atoms with E-state index in [9.17, 15) is 41.0 Å². The van der Waals surface area contributed by atoms with E-state index < -0.39 is 61.5 Å². The number of hydrogen-bond donors (Lipinski definition) is 2. The summed E-state index contributed by atoms with van der Waals surface area (Å²) in [5.41, 5.74) is -0.00869. The molecule has 3 heterocycles. The minimum atomic E-state index is -5.01. The Balaban J connectivity index is 1.29. The Kier molecular flexibility index (Phi) is 9.36. The number of aromatic nitrogens is 1. The quantitative estimate of drug-likeness (QED) is 0.195. The zero-order valence-corrected chi connectivity index (χ0v) is 25.8. The van der Waals surface area contributed by atoms with Crippen LogP contribution in [0.1, 0.15) is 24.0 Å². The molecule has 0 spiro atoms. The van der Waals surface area contributed by atoms with Gasteiger partial charge in [-0.3, -0.25) is 19.6 Å². The van der Waals surface area contributed by atoms with Gasteiger partial charge in [0.2, 0.25) is 5.91 Å². The third kappa shape index (κ3) is 6.57. The van der Waals surface area contributed by atoms with Gasteiger partial charge < -0.3 is 10.4 Å². The van der Waals surface area contributed by atoms with Crippen molar-refractivity contribution in [2.24, 2.45) is 5.41 Å². The first-order valence-corrected chi connectivity index (χ1v) is 15.7. The lowest BCUT2D eigenvalue weighted by Crippen LogP contribution is -2.59. The Labute approximate surface area is 272 Å². The lowest BCUT2D eigenvalue weighted by molar-refractivity contribution is -0.233. The molecule has 1 aromatic heterocycles. The average molecular weight is 673 g/mol. The molecule has 1 atom stereocenters. The number of benzene rings is 3. The summed E-state index contributed by atoms with van der Waals surface area (Å²) in [7, 11) is 0. The topological polar surface area (TPSA) is 85.8 Å². The number of alkyl halides is 6. The SMILES string of the molecule is O=C(O)[C@H](Cc1cccc2c(-c3ncc(CN4CC(F)C4)c4ccccc34)cccc12)NC(=O)C1(C(F)(F)F)CCN(CC(F)F)CC1. The molecule has 7 nitrogen and oxygen atoms in total. The van der Waals surface area contributed by atoms with Crippen LogP contribution in [0, 0.1) is 5.41 Å². The van der Waals surface area contributed by atoms with Crippen molar-refractivity contribution < 1.29 is 41.0 Å². The monoisotopic (exact) mass is 672 g/mol. The van der Waals surface area contributed by atoms with Crippen LogP contribution in [0.4, 0.5) is 26.3 Å². The molecule has 0 unspecified atom stereocenters. The van der Waals surface area contributed by atoms with Crippen molar-refractivity contribution in [3.05, 3.63) is 78.0 Å². The third-order valence-electron chi connectivity index (χ3n) is 9.56. The molecule has 2 N–H and O–H groups in total. The highest BCUT2D eigenvalue weighted by Crippen LogP contribution is 2.47. The number of aliphatic carboxylic acids is 1. The molecule has 3 aromatic carbocycles. The molecule has 0 saturated carbocycles. The minimum Gasteiger partial charge on any atom is -0.480 e. The number of piperidine rings is 1. The number of carboxylic acid groups (broad SMARTS) is 1. The fourth-order valence-corrected chi connectivity index (χ4v) is 6.90. The minimum absolute atomic E-state index is 0.300. The standard InChI is InChI=1S/C35H34F6N4O3/c36-23-18-45(19-23)17-22-16-42-31(27-7-2-1-6-25(22)27)28-10-4-8-24-21(5-3-9-26(24)28)15-29(32(46)47)43-33(48)34(35(39,40)41)11-13-44(14-12-34)20-30(37)38/h1-10,16,23,29-30H,11-15,17-20H2,(H,43,48)(H,46,47)/t29-/m0/s1. The Morgan fingerprint density at radius 2 is 1.52 bits per heavy atom. The van der Waals surface area contributed by atoms with Gasteiger partial charge in [0.1, 0.15) is 17.6 Å². The van der Waals surface area contributed by atoms with Crippen LogP contribution in [-0.4, -0.2) is 89.3 Å². The second kappa shape index (κ2) is 13.3. The fraction of sp³-hybridized carbons (Fsp3) is 0.400. The summed E-state index contributed by atoms with van der Waals surface area (Å²) < 4.78 is 82.2. The molecule has 0 radical (unpaired) electrons. The number of rotatable bonds is 10. The van der Waals surface area contributed by atoms with Crippen molar-refractivity contribution in [2.45, 2.75) is 50.6 Å². The summed E-state index contributed by atoms with van der Waals surface area (Å²) in [6, 6.07) is 16.7. The maximum absolute atomic E-state index is 14.4. The summed E-state index contributed by atoms with van der Waals surface area (Å²) in [5.74, 6) is -2.98. The predicted octanol–water partition coefficient (Wildman–Crippen LogP) is 6.23. The van der Waals surface area contributed by atoms with Crippen LogP contribution in [0.2, 0.25) is 0 Å². The molecule has 2 fully saturated rings. The van der Waals surface area contributed by atoms with Crippen LogP contribution in [-0.2, 0) is 22.6 Å². The number of carbonyl (C=O) groups is 2. The molecule has 2 aliphatic heterocycles. The van der Waals surface area contributed by atoms with Crippen LogP contribution in [0.15, 0.2) is 66.9 Å². The molecular formula is C35H34F6N4O3. The maximum atomic E-state index is 14.4. The van der Waals surface area contributed by atoms with Gasteiger partial charge in [0.25, 0.3) is 6.43 Å². The van der Waals surface area contributed by atoms with Crippen LogP contribution in [0.3, 0.4) is 0 Å². The summed E-state index contributed by atoms with van der Waals surface area (Å²) in [4.78, 5) is 33.6. The van der Waals surface area contributed by atoms with Crippen molar-refractivity contribution >= 4 is 33.4 Å². The van der Waals surface area contributed by atoms with Crippen molar-refractivity contribution in [1.82, 2.24) is 20.1 Å². The lowest BCUT2D eigenvalue weighted by Gasteiger charge is -2.41. The Bertz CT molecular complexity index is 1820. The molecular weight excluding hydrogens is 638 g/mol. The molecule has 0 aliphatic carbocycles. The fourth-order valence-electron chi connectivity index (χ4n) is 6.90. The number of carboxylic acids is 1. The number of halogens is 6.